The summed E-state index contributed by atoms with van der Waals surface area (Å²) in [6.45, 7) is 6.18. The lowest BCUT2D eigenvalue weighted by Gasteiger charge is -2.37. The maximum atomic E-state index is 13.8. The van der Waals surface area contributed by atoms with Crippen LogP contribution in [0, 0.1) is 0 Å². The normalized spacial score (nSPS) is 16.6. The molecule has 0 spiro atoms. The van der Waals surface area contributed by atoms with Crippen LogP contribution in [0.1, 0.15) is 31.9 Å². The molecule has 2 aromatic rings. The molecular weight excluding hydrogens is 526 g/mol. The van der Waals surface area contributed by atoms with Gasteiger partial charge in [0.1, 0.15) is 24.0 Å². The number of piperazine rings is 1. The molecule has 1 fully saturated rings. The van der Waals surface area contributed by atoms with E-state index in [4.69, 9.17) is 13.7 Å². The maximum Gasteiger partial charge on any atom is 0.410 e. The van der Waals surface area contributed by atoms with E-state index in [0.717, 1.165) is 11.8 Å². The zero-order valence-corrected chi connectivity index (χ0v) is 23.3. The quantitative estimate of drug-likeness (QED) is 0.442. The van der Waals surface area contributed by atoms with Gasteiger partial charge in [-0.3, -0.25) is 9.69 Å². The lowest BCUT2D eigenvalue weighted by atomic mass is 9.96. The maximum absolute atomic E-state index is 13.8. The number of hydrogen-bond acceptors (Lipinski definition) is 9. The predicted molar refractivity (Wildman–Crippen MR) is 144 cm³/mol. The van der Waals surface area contributed by atoms with E-state index in [1.165, 1.54) is 17.0 Å². The van der Waals surface area contributed by atoms with Gasteiger partial charge in [-0.25, -0.2) is 9.59 Å². The molecule has 0 aromatic heterocycles. The molecule has 1 aliphatic heterocycles. The third kappa shape index (κ3) is 9.88. The van der Waals surface area contributed by atoms with Crippen molar-refractivity contribution < 1.29 is 36.5 Å². The summed E-state index contributed by atoms with van der Waals surface area (Å²) in [7, 11) is -3.70. The third-order valence-electron chi connectivity index (χ3n) is 5.66. The van der Waals surface area contributed by atoms with Crippen molar-refractivity contribution in [1.29, 1.82) is 0 Å². The molecule has 0 bridgehead atoms. The molecule has 0 saturated carbocycles. The Hall–Kier alpha value is -3.64. The largest absolute Gasteiger partial charge is 0.445 e. The average molecular weight is 562 g/mol. The number of nitrogens with zero attached hydrogens (tertiary/aromatic N) is 1. The van der Waals surface area contributed by atoms with Crippen LogP contribution in [0.25, 0.3) is 0 Å². The molecule has 2 amide bonds. The molecule has 212 valence electrons. The predicted octanol–water partition coefficient (Wildman–Crippen LogP) is 2.64. The number of carbonyl (C=O) groups excluding carboxylic acids is 3. The van der Waals surface area contributed by atoms with Gasteiger partial charge in [-0.15, -0.1) is 0 Å². The second-order valence-electron chi connectivity index (χ2n) is 10.2. The Balaban J connectivity index is 1.79. The van der Waals surface area contributed by atoms with E-state index in [1.807, 2.05) is 30.3 Å². The topological polar surface area (TPSA) is 140 Å². The van der Waals surface area contributed by atoms with Crippen LogP contribution in [0.4, 0.5) is 9.59 Å². The fraction of sp³-hybridized carbons (Fsp3) is 0.444. The molecule has 1 saturated heterocycles. The van der Waals surface area contributed by atoms with Gasteiger partial charge < -0.3 is 24.3 Å². The monoisotopic (exact) mass is 561 g/mol. The lowest BCUT2D eigenvalue weighted by molar-refractivity contribution is -0.126. The summed E-state index contributed by atoms with van der Waals surface area (Å²) in [5.74, 6) is -0.284. The number of ketones is 1. The molecule has 1 aliphatic rings. The summed E-state index contributed by atoms with van der Waals surface area (Å²) < 4.78 is 38.5. The number of nitrogens with one attached hydrogen (secondary N) is 2. The first-order valence-corrected chi connectivity index (χ1v) is 14.3. The fourth-order valence-electron chi connectivity index (χ4n) is 3.95. The second kappa shape index (κ2) is 12.9. The number of benzene rings is 2. The Morgan fingerprint density at radius 3 is 2.33 bits per heavy atom. The van der Waals surface area contributed by atoms with Crippen LogP contribution in [0.2, 0.25) is 0 Å². The van der Waals surface area contributed by atoms with Gasteiger partial charge in [0.15, 0.2) is 5.78 Å². The highest BCUT2D eigenvalue weighted by atomic mass is 32.2. The molecule has 0 aliphatic carbocycles. The van der Waals surface area contributed by atoms with Gasteiger partial charge in [-0.05, 0) is 50.5 Å². The van der Waals surface area contributed by atoms with E-state index in [-0.39, 0.29) is 31.9 Å². The number of rotatable bonds is 9. The Labute approximate surface area is 228 Å². The standard InChI is InChI=1S/C27H35N3O8S/c1-27(2,3)37-26(33)30-15-14-28-17-23(30)24(31)22(29-25(32)36-18-20-8-6-5-7-9-20)16-19-10-12-21(13-11-19)38-39(4,34)35/h5-13,22-23,28H,14-18H2,1-4H3,(H,29,32)/t22-,23?/m0/s1. The van der Waals surface area contributed by atoms with E-state index in [9.17, 15) is 22.8 Å². The zero-order chi connectivity index (χ0) is 28.6. The number of carbonyl (C=O) groups is 3. The molecule has 39 heavy (non-hydrogen) atoms. The van der Waals surface area contributed by atoms with Crippen molar-refractivity contribution in [3.05, 3.63) is 65.7 Å². The summed E-state index contributed by atoms with van der Waals surface area (Å²) >= 11 is 0. The first kappa shape index (κ1) is 29.9. The number of ether oxygens (including phenoxy) is 2. The first-order valence-electron chi connectivity index (χ1n) is 12.5. The van der Waals surface area contributed by atoms with Gasteiger partial charge in [0.25, 0.3) is 0 Å². The van der Waals surface area contributed by atoms with Crippen molar-refractivity contribution in [3.63, 3.8) is 0 Å². The summed E-state index contributed by atoms with van der Waals surface area (Å²) in [6, 6.07) is 13.3. The molecule has 2 N–H and O–H groups in total. The Bertz CT molecular complexity index is 1240. The van der Waals surface area contributed by atoms with E-state index in [2.05, 4.69) is 10.6 Å². The van der Waals surface area contributed by atoms with Crippen LogP contribution >= 0.6 is 0 Å². The Morgan fingerprint density at radius 1 is 1.05 bits per heavy atom. The third-order valence-corrected chi connectivity index (χ3v) is 6.15. The van der Waals surface area contributed by atoms with Gasteiger partial charge in [-0.1, -0.05) is 42.5 Å². The van der Waals surface area contributed by atoms with Crippen molar-refractivity contribution in [2.24, 2.45) is 0 Å². The lowest BCUT2D eigenvalue weighted by Crippen LogP contribution is -2.61. The summed E-state index contributed by atoms with van der Waals surface area (Å²) in [5.41, 5.74) is 0.666. The fourth-order valence-corrected chi connectivity index (χ4v) is 4.41. The molecule has 3 rings (SSSR count). The van der Waals surface area contributed by atoms with Crippen molar-refractivity contribution >= 4 is 28.1 Å². The Kier molecular flexibility index (Phi) is 9.92. The number of amides is 2. The summed E-state index contributed by atoms with van der Waals surface area (Å²) in [5, 5.41) is 5.77. The molecule has 1 heterocycles. The van der Waals surface area contributed by atoms with Gasteiger partial charge in [0, 0.05) is 19.6 Å². The van der Waals surface area contributed by atoms with E-state index in [0.29, 0.717) is 12.1 Å². The van der Waals surface area contributed by atoms with Crippen molar-refractivity contribution in [3.8, 4) is 5.75 Å². The molecule has 12 heteroatoms. The summed E-state index contributed by atoms with van der Waals surface area (Å²) in [6.07, 6.45) is -0.399. The average Bonchev–Trinajstić information content (AvgIpc) is 2.86. The highest BCUT2D eigenvalue weighted by molar-refractivity contribution is 7.86. The smallest absolute Gasteiger partial charge is 0.410 e. The van der Waals surface area contributed by atoms with Crippen LogP contribution in [-0.4, -0.2) is 74.9 Å². The van der Waals surface area contributed by atoms with E-state index in [1.54, 1.807) is 32.9 Å². The Morgan fingerprint density at radius 2 is 1.72 bits per heavy atom. The first-order chi connectivity index (χ1) is 18.3. The van der Waals surface area contributed by atoms with Crippen molar-refractivity contribution in [1.82, 2.24) is 15.5 Å². The van der Waals surface area contributed by atoms with Crippen LogP contribution in [-0.2, 0) is 37.4 Å². The minimum absolute atomic E-state index is 0.0140. The van der Waals surface area contributed by atoms with Crippen LogP contribution in [0.5, 0.6) is 5.75 Å². The molecule has 0 radical (unpaired) electrons. The number of Topliss-reactive ketones (excluding diaryl/α,β-unsaturated/α-hetero) is 1. The zero-order valence-electron chi connectivity index (χ0n) is 22.5. The van der Waals surface area contributed by atoms with Crippen molar-refractivity contribution in [2.75, 3.05) is 25.9 Å². The van der Waals surface area contributed by atoms with Crippen LogP contribution in [0.15, 0.2) is 54.6 Å². The second-order valence-corrected chi connectivity index (χ2v) is 11.8. The van der Waals surface area contributed by atoms with Gasteiger partial charge >= 0.3 is 22.3 Å². The van der Waals surface area contributed by atoms with E-state index < -0.39 is 45.8 Å². The van der Waals surface area contributed by atoms with Gasteiger partial charge in [-0.2, -0.15) is 8.42 Å². The molecule has 2 aromatic carbocycles. The number of hydrogen-bond donors (Lipinski definition) is 2. The van der Waals surface area contributed by atoms with Gasteiger partial charge in [0.2, 0.25) is 0 Å². The minimum atomic E-state index is -3.70. The highest BCUT2D eigenvalue weighted by Gasteiger charge is 2.38. The van der Waals surface area contributed by atoms with E-state index >= 15 is 0 Å². The SMILES string of the molecule is CC(C)(C)OC(=O)N1CCNCC1C(=O)[C@H](Cc1ccc(OS(C)(=O)=O)cc1)NC(=O)OCc1ccccc1. The highest BCUT2D eigenvalue weighted by Crippen LogP contribution is 2.19. The minimum Gasteiger partial charge on any atom is -0.445 e. The number of alkyl carbamates (subject to hydrolysis) is 1. The van der Waals surface area contributed by atoms with Gasteiger partial charge in [0.05, 0.1) is 12.3 Å². The summed E-state index contributed by atoms with van der Waals surface area (Å²) in [4.78, 5) is 40.8. The van der Waals surface area contributed by atoms with Crippen LogP contribution in [0.3, 0.4) is 0 Å². The van der Waals surface area contributed by atoms with Crippen LogP contribution < -0.4 is 14.8 Å². The molecule has 1 unspecified atom stereocenters. The molecule has 11 nitrogen and oxygen atoms in total. The molecule has 2 atom stereocenters. The molecular formula is C27H35N3O8S. The van der Waals surface area contributed by atoms with Crippen molar-refractivity contribution in [2.45, 2.75) is 51.5 Å².